The van der Waals surface area contributed by atoms with Gasteiger partial charge in [-0.3, -0.25) is 0 Å². The van der Waals surface area contributed by atoms with E-state index in [-0.39, 0.29) is 5.82 Å². The summed E-state index contributed by atoms with van der Waals surface area (Å²) in [4.78, 5) is 7.89. The maximum atomic E-state index is 14.1. The van der Waals surface area contributed by atoms with E-state index in [2.05, 4.69) is 15.3 Å². The number of aromatic nitrogens is 2. The Hall–Kier alpha value is -2.37. The first-order valence-electron chi connectivity index (χ1n) is 7.40. The predicted molar refractivity (Wildman–Crippen MR) is 80.7 cm³/mol. The SMILES string of the molecule is CCc1ncnc(NCc2cccc3c2OCCCO3)c1F. The number of fused-ring (bicyclic) bond motifs is 1. The molecular formula is C16H18FN3O2. The van der Waals surface area contributed by atoms with Crippen molar-refractivity contribution in [1.29, 1.82) is 0 Å². The van der Waals surface area contributed by atoms with Crippen LogP contribution in [0.2, 0.25) is 0 Å². The highest BCUT2D eigenvalue weighted by atomic mass is 19.1. The van der Waals surface area contributed by atoms with Crippen LogP contribution in [0.25, 0.3) is 0 Å². The third-order valence-electron chi connectivity index (χ3n) is 3.50. The quantitative estimate of drug-likeness (QED) is 0.941. The number of ether oxygens (including phenoxy) is 2. The second-order valence-electron chi connectivity index (χ2n) is 4.98. The zero-order chi connectivity index (χ0) is 15.4. The number of nitrogens with zero attached hydrogens (tertiary/aromatic N) is 2. The van der Waals surface area contributed by atoms with Gasteiger partial charge in [-0.1, -0.05) is 19.1 Å². The molecule has 2 heterocycles. The fraction of sp³-hybridized carbons (Fsp3) is 0.375. The Kier molecular flexibility index (Phi) is 4.37. The number of aryl methyl sites for hydroxylation is 1. The second kappa shape index (κ2) is 6.60. The highest BCUT2D eigenvalue weighted by molar-refractivity contribution is 5.49. The molecule has 0 fully saturated rings. The van der Waals surface area contributed by atoms with E-state index in [1.807, 2.05) is 25.1 Å². The predicted octanol–water partition coefficient (Wildman–Crippen LogP) is 2.95. The Morgan fingerprint density at radius 2 is 2.09 bits per heavy atom. The van der Waals surface area contributed by atoms with E-state index in [9.17, 15) is 4.39 Å². The number of para-hydroxylation sites is 1. The van der Waals surface area contributed by atoms with Crippen molar-refractivity contribution < 1.29 is 13.9 Å². The van der Waals surface area contributed by atoms with Crippen LogP contribution < -0.4 is 14.8 Å². The number of hydrogen-bond acceptors (Lipinski definition) is 5. The Balaban J connectivity index is 1.80. The summed E-state index contributed by atoms with van der Waals surface area (Å²) in [5.74, 6) is 1.26. The topological polar surface area (TPSA) is 56.3 Å². The number of hydrogen-bond donors (Lipinski definition) is 1. The third-order valence-corrected chi connectivity index (χ3v) is 3.50. The highest BCUT2D eigenvalue weighted by Crippen LogP contribution is 2.33. The van der Waals surface area contributed by atoms with Gasteiger partial charge in [0.2, 0.25) is 0 Å². The van der Waals surface area contributed by atoms with Crippen molar-refractivity contribution in [2.24, 2.45) is 0 Å². The summed E-state index contributed by atoms with van der Waals surface area (Å²) in [6.45, 7) is 3.53. The Morgan fingerprint density at radius 1 is 1.23 bits per heavy atom. The van der Waals surface area contributed by atoms with Gasteiger partial charge in [0, 0.05) is 18.5 Å². The zero-order valence-corrected chi connectivity index (χ0v) is 12.4. The van der Waals surface area contributed by atoms with Crippen LogP contribution in [0.4, 0.5) is 10.2 Å². The van der Waals surface area contributed by atoms with Crippen molar-refractivity contribution in [3.05, 3.63) is 41.6 Å². The fourth-order valence-electron chi connectivity index (χ4n) is 2.35. The number of rotatable bonds is 4. The molecule has 2 aromatic rings. The molecule has 0 unspecified atom stereocenters. The van der Waals surface area contributed by atoms with Gasteiger partial charge in [0.25, 0.3) is 0 Å². The maximum absolute atomic E-state index is 14.1. The van der Waals surface area contributed by atoms with E-state index in [1.165, 1.54) is 6.33 Å². The molecule has 5 nitrogen and oxygen atoms in total. The van der Waals surface area contributed by atoms with Crippen LogP contribution >= 0.6 is 0 Å². The number of halogens is 1. The third kappa shape index (κ3) is 2.95. The van der Waals surface area contributed by atoms with Gasteiger partial charge in [0.05, 0.1) is 18.9 Å². The zero-order valence-electron chi connectivity index (χ0n) is 12.4. The molecule has 22 heavy (non-hydrogen) atoms. The standard InChI is InChI=1S/C16H18FN3O2/c1-2-12-14(17)16(20-10-19-12)18-9-11-5-3-6-13-15(11)22-8-4-7-21-13/h3,5-6,10H,2,4,7-9H2,1H3,(H,18,19,20). The first-order valence-corrected chi connectivity index (χ1v) is 7.40. The van der Waals surface area contributed by atoms with Crippen molar-refractivity contribution in [1.82, 2.24) is 9.97 Å². The molecule has 1 aromatic carbocycles. The Morgan fingerprint density at radius 3 is 2.95 bits per heavy atom. The van der Waals surface area contributed by atoms with Gasteiger partial charge in [0.15, 0.2) is 23.1 Å². The van der Waals surface area contributed by atoms with Gasteiger partial charge in [-0.15, -0.1) is 0 Å². The molecule has 1 aromatic heterocycles. The molecular weight excluding hydrogens is 285 g/mol. The van der Waals surface area contributed by atoms with E-state index in [0.717, 1.165) is 23.5 Å². The molecule has 0 saturated heterocycles. The van der Waals surface area contributed by atoms with E-state index in [1.54, 1.807) is 0 Å². The van der Waals surface area contributed by atoms with Crippen LogP contribution in [0.5, 0.6) is 11.5 Å². The van der Waals surface area contributed by atoms with Gasteiger partial charge in [-0.25, -0.2) is 14.4 Å². The molecule has 0 radical (unpaired) electrons. The first kappa shape index (κ1) is 14.6. The molecule has 0 bridgehead atoms. The largest absolute Gasteiger partial charge is 0.490 e. The Bertz CT molecular complexity index is 664. The van der Waals surface area contributed by atoms with Crippen molar-refractivity contribution >= 4 is 5.82 Å². The molecule has 1 N–H and O–H groups in total. The minimum Gasteiger partial charge on any atom is -0.490 e. The van der Waals surface area contributed by atoms with E-state index in [4.69, 9.17) is 9.47 Å². The average molecular weight is 303 g/mol. The summed E-state index contributed by atoms with van der Waals surface area (Å²) < 4.78 is 25.5. The van der Waals surface area contributed by atoms with E-state index < -0.39 is 5.82 Å². The minimum atomic E-state index is -0.399. The lowest BCUT2D eigenvalue weighted by Crippen LogP contribution is -2.08. The smallest absolute Gasteiger partial charge is 0.186 e. The van der Waals surface area contributed by atoms with Crippen LogP contribution in [0.15, 0.2) is 24.5 Å². The van der Waals surface area contributed by atoms with Gasteiger partial charge < -0.3 is 14.8 Å². The summed E-state index contributed by atoms with van der Waals surface area (Å²) >= 11 is 0. The normalized spacial score (nSPS) is 13.5. The van der Waals surface area contributed by atoms with Crippen molar-refractivity contribution in [2.45, 2.75) is 26.3 Å². The summed E-state index contributed by atoms with van der Waals surface area (Å²) in [6.07, 6.45) is 2.75. The van der Waals surface area contributed by atoms with Crippen LogP contribution in [0, 0.1) is 5.82 Å². The molecule has 1 aliphatic heterocycles. The maximum Gasteiger partial charge on any atom is 0.186 e. The molecule has 0 spiro atoms. The lowest BCUT2D eigenvalue weighted by Gasteiger charge is -2.13. The van der Waals surface area contributed by atoms with Crippen molar-refractivity contribution in [3.63, 3.8) is 0 Å². The number of nitrogens with one attached hydrogen (secondary N) is 1. The fourth-order valence-corrected chi connectivity index (χ4v) is 2.35. The van der Waals surface area contributed by atoms with Crippen molar-refractivity contribution in [3.8, 4) is 11.5 Å². The molecule has 6 heteroatoms. The number of anilines is 1. The molecule has 116 valence electrons. The molecule has 0 saturated carbocycles. The number of benzene rings is 1. The summed E-state index contributed by atoms with van der Waals surface area (Å²) in [5.41, 5.74) is 1.32. The lowest BCUT2D eigenvalue weighted by atomic mass is 10.2. The summed E-state index contributed by atoms with van der Waals surface area (Å²) in [7, 11) is 0. The monoisotopic (exact) mass is 303 g/mol. The van der Waals surface area contributed by atoms with Crippen LogP contribution in [0.1, 0.15) is 24.6 Å². The van der Waals surface area contributed by atoms with Gasteiger partial charge in [0.1, 0.15) is 6.33 Å². The van der Waals surface area contributed by atoms with Crippen LogP contribution in [-0.4, -0.2) is 23.2 Å². The van der Waals surface area contributed by atoms with Gasteiger partial charge >= 0.3 is 0 Å². The second-order valence-corrected chi connectivity index (χ2v) is 4.98. The highest BCUT2D eigenvalue weighted by Gasteiger charge is 2.15. The Labute approximate surface area is 128 Å². The molecule has 0 atom stereocenters. The van der Waals surface area contributed by atoms with E-state index in [0.29, 0.717) is 31.9 Å². The van der Waals surface area contributed by atoms with E-state index >= 15 is 0 Å². The van der Waals surface area contributed by atoms with Gasteiger partial charge in [-0.2, -0.15) is 0 Å². The van der Waals surface area contributed by atoms with Crippen LogP contribution in [0.3, 0.4) is 0 Å². The summed E-state index contributed by atoms with van der Waals surface area (Å²) in [6, 6.07) is 5.71. The average Bonchev–Trinajstić information content (AvgIpc) is 2.79. The lowest BCUT2D eigenvalue weighted by molar-refractivity contribution is 0.296. The molecule has 0 aliphatic carbocycles. The molecule has 0 amide bonds. The summed E-state index contributed by atoms with van der Waals surface area (Å²) in [5, 5.41) is 3.01. The van der Waals surface area contributed by atoms with Crippen molar-refractivity contribution in [2.75, 3.05) is 18.5 Å². The minimum absolute atomic E-state index is 0.207. The van der Waals surface area contributed by atoms with Crippen LogP contribution in [-0.2, 0) is 13.0 Å². The molecule has 1 aliphatic rings. The van der Waals surface area contributed by atoms with Gasteiger partial charge in [-0.05, 0) is 12.5 Å². The first-order chi connectivity index (χ1) is 10.8. The molecule has 3 rings (SSSR count).